The number of hydrogen-bond acceptors (Lipinski definition) is 3. The van der Waals surface area contributed by atoms with Gasteiger partial charge in [0.1, 0.15) is 5.65 Å². The van der Waals surface area contributed by atoms with Gasteiger partial charge in [-0.15, -0.1) is 0 Å². The van der Waals surface area contributed by atoms with Gasteiger partial charge in [0.05, 0.1) is 5.69 Å². The smallest absolute Gasteiger partial charge is 0.352 e. The fourth-order valence-corrected chi connectivity index (χ4v) is 2.86. The second kappa shape index (κ2) is 7.18. The predicted octanol–water partition coefficient (Wildman–Crippen LogP) is 3.92. The lowest BCUT2D eigenvalue weighted by molar-refractivity contribution is -0.0328. The third-order valence-corrected chi connectivity index (χ3v) is 4.17. The molecule has 0 aliphatic heterocycles. The van der Waals surface area contributed by atoms with Crippen molar-refractivity contribution in [1.82, 2.24) is 14.7 Å². The van der Waals surface area contributed by atoms with Gasteiger partial charge in [-0.3, -0.25) is 4.79 Å². The number of alkyl halides is 3. The van der Waals surface area contributed by atoms with Gasteiger partial charge in [-0.25, -0.2) is 4.98 Å². The lowest BCUT2D eigenvalue weighted by atomic mass is 10.2. The van der Waals surface area contributed by atoms with Crippen LogP contribution >= 0.6 is 11.8 Å². The molecule has 0 aliphatic carbocycles. The van der Waals surface area contributed by atoms with E-state index < -0.39 is 5.51 Å². The minimum absolute atomic E-state index is 0.0498. The summed E-state index contributed by atoms with van der Waals surface area (Å²) in [7, 11) is 0. The molecular weight excluding hydrogens is 351 g/mol. The molecule has 0 radical (unpaired) electrons. The predicted molar refractivity (Wildman–Crippen MR) is 89.6 cm³/mol. The van der Waals surface area contributed by atoms with Gasteiger partial charge < -0.3 is 9.72 Å². The van der Waals surface area contributed by atoms with Gasteiger partial charge in [0.2, 0.25) is 0 Å². The molecule has 3 aromatic rings. The minimum Gasteiger partial charge on any atom is -0.352 e. The molecule has 1 aromatic carbocycles. The third kappa shape index (κ3) is 4.76. The van der Waals surface area contributed by atoms with E-state index >= 15 is 0 Å². The maximum atomic E-state index is 12.3. The SMILES string of the molecule is O=C(NCCc1cn2ccccc2n1)c1ccc(SC(F)(F)F)cc1. The van der Waals surface area contributed by atoms with E-state index in [2.05, 4.69) is 10.3 Å². The van der Waals surface area contributed by atoms with Crippen molar-refractivity contribution in [2.75, 3.05) is 6.54 Å². The Morgan fingerprint density at radius 1 is 1.16 bits per heavy atom. The summed E-state index contributed by atoms with van der Waals surface area (Å²) in [6.45, 7) is 0.391. The summed E-state index contributed by atoms with van der Waals surface area (Å²) >= 11 is -0.204. The van der Waals surface area contributed by atoms with Crippen molar-refractivity contribution >= 4 is 23.3 Å². The number of nitrogens with one attached hydrogen (secondary N) is 1. The van der Waals surface area contributed by atoms with Gasteiger partial charge in [0.25, 0.3) is 5.91 Å². The van der Waals surface area contributed by atoms with Crippen molar-refractivity contribution in [3.05, 3.63) is 66.1 Å². The van der Waals surface area contributed by atoms with Crippen molar-refractivity contribution in [2.24, 2.45) is 0 Å². The number of halogens is 3. The molecule has 3 rings (SSSR count). The maximum absolute atomic E-state index is 12.3. The fourth-order valence-electron chi connectivity index (χ4n) is 2.32. The van der Waals surface area contributed by atoms with Crippen LogP contribution in [0.15, 0.2) is 59.8 Å². The maximum Gasteiger partial charge on any atom is 0.446 e. The molecule has 0 fully saturated rings. The van der Waals surface area contributed by atoms with Crippen LogP contribution in [0.4, 0.5) is 13.2 Å². The van der Waals surface area contributed by atoms with E-state index in [-0.39, 0.29) is 22.6 Å². The van der Waals surface area contributed by atoms with Crippen LogP contribution in [0, 0.1) is 0 Å². The zero-order valence-electron chi connectivity index (χ0n) is 13.0. The molecule has 0 saturated heterocycles. The molecule has 2 heterocycles. The van der Waals surface area contributed by atoms with Crippen molar-refractivity contribution < 1.29 is 18.0 Å². The van der Waals surface area contributed by atoms with E-state index in [4.69, 9.17) is 0 Å². The summed E-state index contributed by atoms with van der Waals surface area (Å²) in [5.74, 6) is -0.327. The van der Waals surface area contributed by atoms with Crippen molar-refractivity contribution in [1.29, 1.82) is 0 Å². The normalized spacial score (nSPS) is 11.6. The number of rotatable bonds is 5. The van der Waals surface area contributed by atoms with Gasteiger partial charge >= 0.3 is 5.51 Å². The standard InChI is InChI=1S/C17H14F3N3OS/c18-17(19,20)25-14-6-4-12(5-7-14)16(24)21-9-8-13-11-23-10-2-1-3-15(23)22-13/h1-7,10-11H,8-9H2,(H,21,24). The number of benzene rings is 1. The first kappa shape index (κ1) is 17.3. The number of fused-ring (bicyclic) bond motifs is 1. The highest BCUT2D eigenvalue weighted by Gasteiger charge is 2.29. The van der Waals surface area contributed by atoms with Crippen LogP contribution in [0.2, 0.25) is 0 Å². The molecule has 2 aromatic heterocycles. The second-order valence-electron chi connectivity index (χ2n) is 5.28. The van der Waals surface area contributed by atoms with E-state index in [1.54, 1.807) is 0 Å². The molecule has 0 spiro atoms. The van der Waals surface area contributed by atoms with Gasteiger partial charge in [0, 0.05) is 35.8 Å². The van der Waals surface area contributed by atoms with Crippen LogP contribution < -0.4 is 5.32 Å². The van der Waals surface area contributed by atoms with E-state index in [1.807, 2.05) is 35.0 Å². The Morgan fingerprint density at radius 2 is 1.92 bits per heavy atom. The highest BCUT2D eigenvalue weighted by Crippen LogP contribution is 2.36. The molecule has 0 aliphatic rings. The Morgan fingerprint density at radius 3 is 2.60 bits per heavy atom. The molecule has 0 bridgehead atoms. The lowest BCUT2D eigenvalue weighted by Crippen LogP contribution is -2.25. The Balaban J connectivity index is 1.53. The number of pyridine rings is 1. The molecule has 4 nitrogen and oxygen atoms in total. The molecular formula is C17H14F3N3OS. The summed E-state index contributed by atoms with van der Waals surface area (Å²) in [6.07, 6.45) is 4.35. The largest absolute Gasteiger partial charge is 0.446 e. The first-order valence-electron chi connectivity index (χ1n) is 7.47. The molecule has 0 saturated carbocycles. The number of nitrogens with zero attached hydrogens (tertiary/aromatic N) is 2. The van der Waals surface area contributed by atoms with Crippen molar-refractivity contribution in [3.63, 3.8) is 0 Å². The van der Waals surface area contributed by atoms with Gasteiger partial charge in [-0.05, 0) is 48.2 Å². The average Bonchev–Trinajstić information content (AvgIpc) is 2.96. The average molecular weight is 365 g/mol. The summed E-state index contributed by atoms with van der Waals surface area (Å²) in [4.78, 5) is 16.5. The molecule has 8 heteroatoms. The van der Waals surface area contributed by atoms with Crippen LogP contribution in [0.5, 0.6) is 0 Å². The third-order valence-electron chi connectivity index (χ3n) is 3.43. The number of imidazole rings is 1. The minimum atomic E-state index is -4.34. The van der Waals surface area contributed by atoms with Crippen LogP contribution in [-0.4, -0.2) is 27.3 Å². The van der Waals surface area contributed by atoms with E-state index in [1.165, 1.54) is 24.3 Å². The fraction of sp³-hybridized carbons (Fsp3) is 0.176. The first-order valence-corrected chi connectivity index (χ1v) is 8.29. The summed E-state index contributed by atoms with van der Waals surface area (Å²) in [5, 5.41) is 2.74. The zero-order valence-corrected chi connectivity index (χ0v) is 13.8. The Hall–Kier alpha value is -2.48. The summed E-state index contributed by atoms with van der Waals surface area (Å²) < 4.78 is 38.7. The monoisotopic (exact) mass is 365 g/mol. The second-order valence-corrected chi connectivity index (χ2v) is 6.41. The molecule has 0 unspecified atom stereocenters. The van der Waals surface area contributed by atoms with Crippen LogP contribution in [0.1, 0.15) is 16.1 Å². The topological polar surface area (TPSA) is 46.4 Å². The number of hydrogen-bond donors (Lipinski definition) is 1. The zero-order chi connectivity index (χ0) is 17.9. The van der Waals surface area contributed by atoms with E-state index in [0.717, 1.165) is 11.3 Å². The molecule has 1 N–H and O–H groups in total. The highest BCUT2D eigenvalue weighted by molar-refractivity contribution is 8.00. The van der Waals surface area contributed by atoms with Crippen LogP contribution in [0.25, 0.3) is 5.65 Å². The van der Waals surface area contributed by atoms with Crippen LogP contribution in [0.3, 0.4) is 0 Å². The first-order chi connectivity index (χ1) is 11.9. The van der Waals surface area contributed by atoms with Gasteiger partial charge in [-0.1, -0.05) is 6.07 Å². The van der Waals surface area contributed by atoms with E-state index in [9.17, 15) is 18.0 Å². The quantitative estimate of drug-likeness (QED) is 0.697. The molecule has 25 heavy (non-hydrogen) atoms. The van der Waals surface area contributed by atoms with Crippen LogP contribution in [-0.2, 0) is 6.42 Å². The van der Waals surface area contributed by atoms with Gasteiger partial charge in [-0.2, -0.15) is 13.2 Å². The Labute approximate surface area is 146 Å². The molecule has 130 valence electrons. The number of carbonyl (C=O) groups excluding carboxylic acids is 1. The number of carbonyl (C=O) groups is 1. The summed E-state index contributed by atoms with van der Waals surface area (Å²) in [6, 6.07) is 11.0. The highest BCUT2D eigenvalue weighted by atomic mass is 32.2. The van der Waals surface area contributed by atoms with Crippen molar-refractivity contribution in [2.45, 2.75) is 16.8 Å². The van der Waals surface area contributed by atoms with Crippen molar-refractivity contribution in [3.8, 4) is 0 Å². The van der Waals surface area contributed by atoms with Gasteiger partial charge in [0.15, 0.2) is 0 Å². The Bertz CT molecular complexity index is 842. The van der Waals surface area contributed by atoms with E-state index in [0.29, 0.717) is 18.5 Å². The lowest BCUT2D eigenvalue weighted by Gasteiger charge is -2.07. The molecule has 1 amide bonds. The Kier molecular flexibility index (Phi) is 4.98. The number of amides is 1. The number of thioether (sulfide) groups is 1. The molecule has 0 atom stereocenters. The summed E-state index contributed by atoms with van der Waals surface area (Å²) in [5.41, 5.74) is -2.33. The number of aromatic nitrogens is 2.